The maximum Gasteiger partial charge on any atom is 0.471 e. The van der Waals surface area contributed by atoms with Gasteiger partial charge >= 0.3 is 12.1 Å². The first-order chi connectivity index (χ1) is 11.3. The number of nitrogens with one attached hydrogen (secondary N) is 2. The topological polar surface area (TPSA) is 58.2 Å². The molecular weight excluding hydrogens is 321 g/mol. The van der Waals surface area contributed by atoms with E-state index in [1.165, 1.54) is 18.2 Å². The highest BCUT2D eigenvalue weighted by atomic mass is 19.4. The number of alkyl halides is 3. The lowest BCUT2D eigenvalue weighted by Crippen LogP contribution is -2.30. The minimum atomic E-state index is -5.00. The van der Waals surface area contributed by atoms with E-state index in [1.807, 2.05) is 25.1 Å². The minimum Gasteiger partial charge on any atom is -0.324 e. The standard InChI is InChI=1S/C17H15F3N2O2/c1-11-5-4-6-12(9-11)10-15(23)21-13-7-2-3-8-14(13)22-16(24)17(18,19)20/h2-9H,10H2,1H3,(H,21,23)(H,22,24). The van der Waals surface area contributed by atoms with E-state index < -0.39 is 18.0 Å². The quantitative estimate of drug-likeness (QED) is 0.895. The Morgan fingerprint density at radius 2 is 1.58 bits per heavy atom. The monoisotopic (exact) mass is 336 g/mol. The Morgan fingerprint density at radius 3 is 2.17 bits per heavy atom. The van der Waals surface area contributed by atoms with Gasteiger partial charge in [0.25, 0.3) is 0 Å². The van der Waals surface area contributed by atoms with Crippen LogP contribution in [-0.2, 0) is 16.0 Å². The number of rotatable bonds is 4. The third kappa shape index (κ3) is 4.84. The molecular formula is C17H15F3N2O2. The van der Waals surface area contributed by atoms with Crippen molar-refractivity contribution in [3.63, 3.8) is 0 Å². The minimum absolute atomic E-state index is 0.0727. The van der Waals surface area contributed by atoms with Crippen molar-refractivity contribution in [1.29, 1.82) is 0 Å². The number of benzene rings is 2. The summed E-state index contributed by atoms with van der Waals surface area (Å²) in [6.07, 6.45) is -4.93. The second-order valence-corrected chi connectivity index (χ2v) is 5.21. The van der Waals surface area contributed by atoms with E-state index in [0.717, 1.165) is 11.1 Å². The van der Waals surface area contributed by atoms with Crippen LogP contribution in [0.2, 0.25) is 0 Å². The first kappa shape index (κ1) is 17.5. The van der Waals surface area contributed by atoms with Crippen LogP contribution in [0.5, 0.6) is 0 Å². The van der Waals surface area contributed by atoms with Crippen LogP contribution in [0, 0.1) is 6.92 Å². The SMILES string of the molecule is Cc1cccc(CC(=O)Nc2ccccc2NC(=O)C(F)(F)F)c1. The zero-order chi connectivity index (χ0) is 17.7. The number of hydrogen-bond donors (Lipinski definition) is 2. The molecule has 2 aromatic carbocycles. The summed E-state index contributed by atoms with van der Waals surface area (Å²) in [6.45, 7) is 1.89. The molecule has 24 heavy (non-hydrogen) atoms. The summed E-state index contributed by atoms with van der Waals surface area (Å²) in [6, 6.07) is 13.0. The number of carbonyl (C=O) groups excluding carboxylic acids is 2. The molecule has 0 atom stereocenters. The predicted molar refractivity (Wildman–Crippen MR) is 84.6 cm³/mol. The largest absolute Gasteiger partial charge is 0.471 e. The van der Waals surface area contributed by atoms with Gasteiger partial charge in [0.05, 0.1) is 17.8 Å². The van der Waals surface area contributed by atoms with E-state index in [1.54, 1.807) is 17.4 Å². The van der Waals surface area contributed by atoms with E-state index in [9.17, 15) is 22.8 Å². The zero-order valence-electron chi connectivity index (χ0n) is 12.8. The summed E-state index contributed by atoms with van der Waals surface area (Å²) >= 11 is 0. The Balaban J connectivity index is 2.09. The van der Waals surface area contributed by atoms with Gasteiger partial charge in [-0.3, -0.25) is 9.59 Å². The molecule has 0 spiro atoms. The second-order valence-electron chi connectivity index (χ2n) is 5.21. The van der Waals surface area contributed by atoms with Crippen LogP contribution in [0.4, 0.5) is 24.5 Å². The van der Waals surface area contributed by atoms with Crippen molar-refractivity contribution in [3.8, 4) is 0 Å². The number of hydrogen-bond acceptors (Lipinski definition) is 2. The molecule has 2 amide bonds. The fourth-order valence-corrected chi connectivity index (χ4v) is 2.10. The van der Waals surface area contributed by atoms with Crippen molar-refractivity contribution in [1.82, 2.24) is 0 Å². The zero-order valence-corrected chi connectivity index (χ0v) is 12.8. The highest BCUT2D eigenvalue weighted by Gasteiger charge is 2.39. The summed E-state index contributed by atoms with van der Waals surface area (Å²) in [4.78, 5) is 23.1. The van der Waals surface area contributed by atoms with Gasteiger partial charge in [-0.15, -0.1) is 0 Å². The van der Waals surface area contributed by atoms with Crippen molar-refractivity contribution in [2.75, 3.05) is 10.6 Å². The molecule has 0 unspecified atom stereocenters. The fourth-order valence-electron chi connectivity index (χ4n) is 2.10. The molecule has 2 N–H and O–H groups in total. The van der Waals surface area contributed by atoms with Gasteiger partial charge < -0.3 is 10.6 Å². The highest BCUT2D eigenvalue weighted by molar-refractivity contribution is 6.01. The lowest BCUT2D eigenvalue weighted by Gasteiger charge is -2.13. The molecule has 7 heteroatoms. The number of carbonyl (C=O) groups is 2. The Morgan fingerprint density at radius 1 is 0.958 bits per heavy atom. The number of aryl methyl sites for hydroxylation is 1. The molecule has 0 saturated heterocycles. The Labute approximate surface area is 136 Å². The van der Waals surface area contributed by atoms with E-state index in [2.05, 4.69) is 5.32 Å². The van der Waals surface area contributed by atoms with Crippen LogP contribution < -0.4 is 10.6 Å². The summed E-state index contributed by atoms with van der Waals surface area (Å²) < 4.78 is 37.1. The van der Waals surface area contributed by atoms with Crippen LogP contribution >= 0.6 is 0 Å². The molecule has 2 aromatic rings. The van der Waals surface area contributed by atoms with Crippen molar-refractivity contribution >= 4 is 23.2 Å². The lowest BCUT2D eigenvalue weighted by atomic mass is 10.1. The van der Waals surface area contributed by atoms with E-state index in [4.69, 9.17) is 0 Å². The Bertz CT molecular complexity index is 757. The first-order valence-corrected chi connectivity index (χ1v) is 7.08. The third-order valence-corrected chi connectivity index (χ3v) is 3.15. The molecule has 0 heterocycles. The highest BCUT2D eigenvalue weighted by Crippen LogP contribution is 2.24. The van der Waals surface area contributed by atoms with Crippen LogP contribution in [-0.4, -0.2) is 18.0 Å². The van der Waals surface area contributed by atoms with Gasteiger partial charge in [-0.05, 0) is 24.6 Å². The smallest absolute Gasteiger partial charge is 0.324 e. The summed E-state index contributed by atoms with van der Waals surface area (Å²) in [5, 5.41) is 4.26. The van der Waals surface area contributed by atoms with Crippen LogP contribution in [0.25, 0.3) is 0 Å². The summed E-state index contributed by atoms with van der Waals surface area (Å²) in [7, 11) is 0. The molecule has 4 nitrogen and oxygen atoms in total. The van der Waals surface area contributed by atoms with Crippen molar-refractivity contribution < 1.29 is 22.8 Å². The number of amides is 2. The lowest BCUT2D eigenvalue weighted by molar-refractivity contribution is -0.167. The van der Waals surface area contributed by atoms with Crippen molar-refractivity contribution in [3.05, 3.63) is 59.7 Å². The Kier molecular flexibility index (Phi) is 5.23. The normalized spacial score (nSPS) is 11.0. The van der Waals surface area contributed by atoms with Gasteiger partial charge in [-0.25, -0.2) is 0 Å². The molecule has 126 valence electrons. The van der Waals surface area contributed by atoms with E-state index in [0.29, 0.717) is 0 Å². The molecule has 0 bridgehead atoms. The van der Waals surface area contributed by atoms with Gasteiger partial charge in [0.2, 0.25) is 5.91 Å². The molecule has 0 aliphatic carbocycles. The van der Waals surface area contributed by atoms with Gasteiger partial charge in [-0.2, -0.15) is 13.2 Å². The van der Waals surface area contributed by atoms with Gasteiger partial charge in [0.1, 0.15) is 0 Å². The van der Waals surface area contributed by atoms with Crippen LogP contribution in [0.15, 0.2) is 48.5 Å². The third-order valence-electron chi connectivity index (χ3n) is 3.15. The summed E-state index contributed by atoms with van der Waals surface area (Å²) in [5.41, 5.74) is 1.77. The molecule has 0 saturated carbocycles. The molecule has 0 fully saturated rings. The fraction of sp³-hybridized carbons (Fsp3) is 0.176. The molecule has 0 aromatic heterocycles. The summed E-state index contributed by atoms with van der Waals surface area (Å²) in [5.74, 6) is -2.49. The predicted octanol–water partition coefficient (Wildman–Crippen LogP) is 3.68. The van der Waals surface area contributed by atoms with Gasteiger partial charge in [-0.1, -0.05) is 42.0 Å². The van der Waals surface area contributed by atoms with E-state index >= 15 is 0 Å². The number of para-hydroxylation sites is 2. The maximum absolute atomic E-state index is 12.4. The number of anilines is 2. The average molecular weight is 336 g/mol. The molecule has 0 radical (unpaired) electrons. The molecule has 0 aliphatic heterocycles. The van der Waals surface area contributed by atoms with Gasteiger partial charge in [0.15, 0.2) is 0 Å². The van der Waals surface area contributed by atoms with Crippen molar-refractivity contribution in [2.24, 2.45) is 0 Å². The Hall–Kier alpha value is -2.83. The van der Waals surface area contributed by atoms with Gasteiger partial charge in [0, 0.05) is 0 Å². The van der Waals surface area contributed by atoms with Crippen molar-refractivity contribution in [2.45, 2.75) is 19.5 Å². The van der Waals surface area contributed by atoms with Crippen LogP contribution in [0.1, 0.15) is 11.1 Å². The maximum atomic E-state index is 12.4. The van der Waals surface area contributed by atoms with Crippen LogP contribution in [0.3, 0.4) is 0 Å². The molecule has 2 rings (SSSR count). The van der Waals surface area contributed by atoms with E-state index in [-0.39, 0.29) is 17.8 Å². The average Bonchev–Trinajstić information content (AvgIpc) is 2.48. The molecule has 0 aliphatic rings. The second kappa shape index (κ2) is 7.16. The number of halogens is 3. The first-order valence-electron chi connectivity index (χ1n) is 7.08.